The van der Waals surface area contributed by atoms with Crippen LogP contribution in [0.5, 0.6) is 5.75 Å². The average Bonchev–Trinajstić information content (AvgIpc) is 2.17. The van der Waals surface area contributed by atoms with Crippen LogP contribution in [0.4, 0.5) is 8.78 Å². The predicted molar refractivity (Wildman–Crippen MR) is 53.1 cm³/mol. The van der Waals surface area contributed by atoms with Gasteiger partial charge >= 0.3 is 0 Å². The molecular weight excluding hydrogens is 256 g/mol. The van der Waals surface area contributed by atoms with Crippen LogP contribution in [-0.2, 0) is 5.33 Å². The molecule has 0 aliphatic heterocycles. The minimum atomic E-state index is -2.56. The minimum absolute atomic E-state index is 0.121. The minimum Gasteiger partial charge on any atom is -0.496 e. The van der Waals surface area contributed by atoms with Gasteiger partial charge in [0.05, 0.1) is 18.4 Å². The van der Waals surface area contributed by atoms with Crippen molar-refractivity contribution in [2.45, 2.75) is 18.7 Å². The molecular formula is C9H10BrF2NO. The number of halogens is 3. The van der Waals surface area contributed by atoms with Crippen molar-refractivity contribution in [3.05, 3.63) is 23.0 Å². The van der Waals surface area contributed by atoms with Crippen molar-refractivity contribution >= 4 is 15.9 Å². The number of ether oxygens (including phenoxy) is 1. The van der Waals surface area contributed by atoms with Crippen LogP contribution in [0.25, 0.3) is 0 Å². The monoisotopic (exact) mass is 265 g/mol. The predicted octanol–water partition coefficient (Wildman–Crippen LogP) is 3.23. The van der Waals surface area contributed by atoms with E-state index in [0.717, 1.165) is 0 Å². The van der Waals surface area contributed by atoms with Gasteiger partial charge in [-0.25, -0.2) is 8.78 Å². The molecule has 0 amide bonds. The molecule has 1 rings (SSSR count). The Hall–Kier alpha value is -0.710. The highest BCUT2D eigenvalue weighted by Crippen LogP contribution is 2.34. The van der Waals surface area contributed by atoms with Gasteiger partial charge in [-0.15, -0.1) is 0 Å². The van der Waals surface area contributed by atoms with Gasteiger partial charge < -0.3 is 4.74 Å². The molecule has 0 bridgehead atoms. The van der Waals surface area contributed by atoms with Gasteiger partial charge in [0.1, 0.15) is 5.75 Å². The maximum atomic E-state index is 12.7. The number of hydrogen-bond acceptors (Lipinski definition) is 2. The van der Waals surface area contributed by atoms with E-state index in [2.05, 4.69) is 20.9 Å². The third-order valence-electron chi connectivity index (χ3n) is 1.88. The van der Waals surface area contributed by atoms with Gasteiger partial charge in [0.15, 0.2) is 0 Å². The van der Waals surface area contributed by atoms with Crippen LogP contribution in [0, 0.1) is 6.92 Å². The molecule has 0 saturated carbocycles. The summed E-state index contributed by atoms with van der Waals surface area (Å²) in [5.74, 6) is 0.226. The van der Waals surface area contributed by atoms with Crippen LogP contribution < -0.4 is 4.74 Å². The number of aromatic nitrogens is 1. The molecule has 0 spiro atoms. The van der Waals surface area contributed by atoms with Crippen molar-refractivity contribution in [2.24, 2.45) is 0 Å². The number of rotatable bonds is 3. The summed E-state index contributed by atoms with van der Waals surface area (Å²) in [7, 11) is 1.38. The molecule has 0 aromatic carbocycles. The smallest absolute Gasteiger partial charge is 0.269 e. The van der Waals surface area contributed by atoms with Crippen molar-refractivity contribution in [3.63, 3.8) is 0 Å². The fourth-order valence-electron chi connectivity index (χ4n) is 1.25. The molecule has 0 aliphatic rings. The lowest BCUT2D eigenvalue weighted by Gasteiger charge is -2.13. The van der Waals surface area contributed by atoms with Gasteiger partial charge in [0, 0.05) is 17.1 Å². The Kier molecular flexibility index (Phi) is 3.80. The highest BCUT2D eigenvalue weighted by atomic mass is 79.9. The fourth-order valence-corrected chi connectivity index (χ4v) is 1.70. The summed E-state index contributed by atoms with van der Waals surface area (Å²) in [5.41, 5.74) is 0.819. The largest absolute Gasteiger partial charge is 0.496 e. The summed E-state index contributed by atoms with van der Waals surface area (Å²) in [6, 6.07) is 0. The Labute approximate surface area is 89.4 Å². The van der Waals surface area contributed by atoms with Crippen LogP contribution in [0.3, 0.4) is 0 Å². The van der Waals surface area contributed by atoms with Gasteiger partial charge in [0.2, 0.25) is 0 Å². The first kappa shape index (κ1) is 11.4. The van der Waals surface area contributed by atoms with Crippen LogP contribution in [0.1, 0.15) is 23.2 Å². The molecule has 1 heterocycles. The van der Waals surface area contributed by atoms with Gasteiger partial charge in [0.25, 0.3) is 6.43 Å². The second kappa shape index (κ2) is 4.68. The first-order valence-electron chi connectivity index (χ1n) is 3.98. The van der Waals surface area contributed by atoms with E-state index in [1.165, 1.54) is 13.3 Å². The van der Waals surface area contributed by atoms with E-state index in [9.17, 15) is 8.78 Å². The molecule has 0 saturated heterocycles. The summed E-state index contributed by atoms with van der Waals surface area (Å²) in [5, 5.41) is 0.295. The van der Waals surface area contributed by atoms with E-state index in [4.69, 9.17) is 4.74 Å². The maximum Gasteiger partial charge on any atom is 0.269 e. The first-order valence-corrected chi connectivity index (χ1v) is 5.10. The van der Waals surface area contributed by atoms with Crippen LogP contribution in [-0.4, -0.2) is 12.1 Å². The maximum absolute atomic E-state index is 12.7. The number of methoxy groups -OCH3 is 1. The average molecular weight is 266 g/mol. The SMILES string of the molecule is COc1c(C)cnc(CBr)c1C(F)F. The zero-order valence-electron chi connectivity index (χ0n) is 7.85. The molecule has 0 radical (unpaired) electrons. The van der Waals surface area contributed by atoms with Crippen LogP contribution in [0.15, 0.2) is 6.20 Å². The molecule has 78 valence electrons. The van der Waals surface area contributed by atoms with Crippen molar-refractivity contribution in [2.75, 3.05) is 7.11 Å². The van der Waals surface area contributed by atoms with E-state index in [1.807, 2.05) is 0 Å². The van der Waals surface area contributed by atoms with Crippen molar-refractivity contribution in [1.29, 1.82) is 0 Å². The second-order valence-electron chi connectivity index (χ2n) is 2.77. The lowest BCUT2D eigenvalue weighted by atomic mass is 10.1. The summed E-state index contributed by atoms with van der Waals surface area (Å²) >= 11 is 3.11. The second-order valence-corrected chi connectivity index (χ2v) is 3.33. The van der Waals surface area contributed by atoms with Crippen LogP contribution >= 0.6 is 15.9 Å². The molecule has 0 fully saturated rings. The molecule has 0 aliphatic carbocycles. The van der Waals surface area contributed by atoms with Gasteiger partial charge in [-0.1, -0.05) is 15.9 Å². The lowest BCUT2D eigenvalue weighted by molar-refractivity contribution is 0.145. The first-order chi connectivity index (χ1) is 6.61. The van der Waals surface area contributed by atoms with Crippen molar-refractivity contribution in [3.8, 4) is 5.75 Å². The zero-order valence-corrected chi connectivity index (χ0v) is 9.44. The van der Waals surface area contributed by atoms with Crippen LogP contribution in [0.2, 0.25) is 0 Å². The Balaban J connectivity index is 3.36. The number of aryl methyl sites for hydroxylation is 1. The molecule has 2 nitrogen and oxygen atoms in total. The van der Waals surface area contributed by atoms with E-state index in [0.29, 0.717) is 16.6 Å². The van der Waals surface area contributed by atoms with Gasteiger partial charge in [-0.3, -0.25) is 4.98 Å². The Morgan fingerprint density at radius 3 is 2.64 bits per heavy atom. The molecule has 0 atom stereocenters. The summed E-state index contributed by atoms with van der Waals surface area (Å²) in [4.78, 5) is 3.92. The lowest BCUT2D eigenvalue weighted by Crippen LogP contribution is -2.02. The quantitative estimate of drug-likeness (QED) is 0.783. The number of nitrogens with zero attached hydrogens (tertiary/aromatic N) is 1. The van der Waals surface area contributed by atoms with E-state index >= 15 is 0 Å². The summed E-state index contributed by atoms with van der Waals surface area (Å²) in [6.07, 6.45) is -1.04. The third kappa shape index (κ3) is 2.03. The summed E-state index contributed by atoms with van der Waals surface area (Å²) < 4.78 is 30.3. The Morgan fingerprint density at radius 1 is 1.57 bits per heavy atom. The molecule has 1 aromatic rings. The van der Waals surface area contributed by atoms with Gasteiger partial charge in [-0.05, 0) is 6.92 Å². The Bertz CT molecular complexity index is 331. The third-order valence-corrected chi connectivity index (χ3v) is 2.41. The van der Waals surface area contributed by atoms with E-state index in [-0.39, 0.29) is 11.3 Å². The number of hydrogen-bond donors (Lipinski definition) is 0. The highest BCUT2D eigenvalue weighted by molar-refractivity contribution is 9.08. The standard InChI is InChI=1S/C9H10BrF2NO/c1-5-4-13-6(3-10)7(9(11)12)8(5)14-2/h4,9H,3H2,1-2H3. The molecule has 0 unspecified atom stereocenters. The summed E-state index contributed by atoms with van der Waals surface area (Å²) in [6.45, 7) is 1.69. The van der Waals surface area contributed by atoms with Crippen molar-refractivity contribution < 1.29 is 13.5 Å². The van der Waals surface area contributed by atoms with E-state index < -0.39 is 6.43 Å². The van der Waals surface area contributed by atoms with Gasteiger partial charge in [-0.2, -0.15) is 0 Å². The molecule has 14 heavy (non-hydrogen) atoms. The number of pyridine rings is 1. The zero-order chi connectivity index (χ0) is 10.7. The molecule has 0 N–H and O–H groups in total. The Morgan fingerprint density at radius 2 is 2.21 bits per heavy atom. The van der Waals surface area contributed by atoms with E-state index in [1.54, 1.807) is 6.92 Å². The topological polar surface area (TPSA) is 22.1 Å². The molecule has 5 heteroatoms. The number of alkyl halides is 3. The molecule has 1 aromatic heterocycles. The fraction of sp³-hybridized carbons (Fsp3) is 0.444. The van der Waals surface area contributed by atoms with Crippen molar-refractivity contribution in [1.82, 2.24) is 4.98 Å². The highest BCUT2D eigenvalue weighted by Gasteiger charge is 2.20. The normalized spacial score (nSPS) is 10.7.